The van der Waals surface area contributed by atoms with Crippen LogP contribution in [0.4, 0.5) is 9.18 Å². The fourth-order valence-electron chi connectivity index (χ4n) is 2.40. The van der Waals surface area contributed by atoms with Gasteiger partial charge in [-0.3, -0.25) is 4.79 Å². The average Bonchev–Trinajstić information content (AvgIpc) is 2.46. The zero-order valence-corrected chi connectivity index (χ0v) is 11.7. The summed E-state index contributed by atoms with van der Waals surface area (Å²) in [6.45, 7) is 1.20. The highest BCUT2D eigenvalue weighted by Crippen LogP contribution is 2.12. The molecule has 1 aromatic rings. The molecule has 1 aromatic carbocycles. The van der Waals surface area contributed by atoms with E-state index >= 15 is 0 Å². The van der Waals surface area contributed by atoms with Crippen molar-refractivity contribution in [3.05, 3.63) is 42.1 Å². The molecule has 0 atom stereocenters. The van der Waals surface area contributed by atoms with Crippen LogP contribution in [0.3, 0.4) is 0 Å². The lowest BCUT2D eigenvalue weighted by atomic mass is 10.0. The fourth-order valence-corrected chi connectivity index (χ4v) is 2.40. The summed E-state index contributed by atoms with van der Waals surface area (Å²) in [6.07, 6.45) is 3.51. The number of benzene rings is 1. The highest BCUT2D eigenvalue weighted by atomic mass is 19.1. The zero-order chi connectivity index (χ0) is 15.2. The largest absolute Gasteiger partial charge is 0.352 e. The molecular formula is C15H19FN3O2. The molecule has 3 amide bonds. The number of piperidine rings is 1. The van der Waals surface area contributed by atoms with Gasteiger partial charge >= 0.3 is 6.03 Å². The monoisotopic (exact) mass is 292 g/mol. The Morgan fingerprint density at radius 1 is 1.29 bits per heavy atom. The number of urea groups is 1. The Balaban J connectivity index is 1.74. The Bertz CT molecular complexity index is 496. The molecule has 0 unspecified atom stereocenters. The summed E-state index contributed by atoms with van der Waals surface area (Å²) in [6, 6.07) is 5.62. The molecular weight excluding hydrogens is 273 g/mol. The molecule has 21 heavy (non-hydrogen) atoms. The molecule has 1 heterocycles. The number of carbonyl (C=O) groups is 2. The number of amides is 3. The Labute approximate surface area is 123 Å². The highest BCUT2D eigenvalue weighted by molar-refractivity contribution is 5.85. The van der Waals surface area contributed by atoms with E-state index in [1.54, 1.807) is 23.5 Å². The molecule has 1 saturated heterocycles. The van der Waals surface area contributed by atoms with Gasteiger partial charge < -0.3 is 16.0 Å². The maximum absolute atomic E-state index is 12.8. The number of halogens is 1. The first-order valence-electron chi connectivity index (χ1n) is 6.97. The van der Waals surface area contributed by atoms with Gasteiger partial charge in [-0.2, -0.15) is 0 Å². The first-order chi connectivity index (χ1) is 10.0. The number of nitrogens with two attached hydrogens (primary N) is 1. The van der Waals surface area contributed by atoms with E-state index in [2.05, 4.69) is 5.32 Å². The van der Waals surface area contributed by atoms with Gasteiger partial charge in [0.1, 0.15) is 5.82 Å². The number of hydrogen-bond acceptors (Lipinski definition) is 2. The van der Waals surface area contributed by atoms with Crippen LogP contribution in [-0.2, 0) is 11.2 Å². The molecule has 1 aliphatic heterocycles. The van der Waals surface area contributed by atoms with Gasteiger partial charge in [-0.1, -0.05) is 12.1 Å². The Morgan fingerprint density at radius 3 is 2.48 bits per heavy atom. The summed E-state index contributed by atoms with van der Waals surface area (Å²) in [4.78, 5) is 24.6. The molecule has 1 radical (unpaired) electrons. The van der Waals surface area contributed by atoms with Gasteiger partial charge in [0.25, 0.3) is 0 Å². The molecule has 2 rings (SSSR count). The molecule has 0 saturated carbocycles. The standard InChI is InChI=1S/C15H19FN3O2/c16-12-4-1-11(2-5-12)3-6-14(20)19-9-7-13(8-10-19)18-15(17)21/h1-2,4-6,13H,3,7-10H2,(H3,17,18,21). The predicted octanol–water partition coefficient (Wildman–Crippen LogP) is 1.23. The smallest absolute Gasteiger partial charge is 0.312 e. The van der Waals surface area contributed by atoms with Gasteiger partial charge in [-0.05, 0) is 37.0 Å². The maximum Gasteiger partial charge on any atom is 0.312 e. The number of hydrogen-bond donors (Lipinski definition) is 2. The second-order valence-corrected chi connectivity index (χ2v) is 5.14. The highest BCUT2D eigenvalue weighted by Gasteiger charge is 2.23. The van der Waals surface area contributed by atoms with E-state index in [9.17, 15) is 14.0 Å². The van der Waals surface area contributed by atoms with Crippen molar-refractivity contribution in [2.24, 2.45) is 5.73 Å². The summed E-state index contributed by atoms with van der Waals surface area (Å²) in [7, 11) is 0. The number of rotatable bonds is 4. The molecule has 0 aromatic heterocycles. The van der Waals surface area contributed by atoms with Gasteiger partial charge in [0, 0.05) is 19.1 Å². The molecule has 6 heteroatoms. The van der Waals surface area contributed by atoms with Crippen molar-refractivity contribution in [2.75, 3.05) is 13.1 Å². The summed E-state index contributed by atoms with van der Waals surface area (Å²) >= 11 is 0. The predicted molar refractivity (Wildman–Crippen MR) is 76.7 cm³/mol. The van der Waals surface area contributed by atoms with Crippen LogP contribution in [0, 0.1) is 12.2 Å². The first-order valence-corrected chi connectivity index (χ1v) is 6.97. The van der Waals surface area contributed by atoms with Crippen molar-refractivity contribution in [3.8, 4) is 0 Å². The van der Waals surface area contributed by atoms with Crippen molar-refractivity contribution in [1.29, 1.82) is 0 Å². The molecule has 1 aliphatic rings. The summed E-state index contributed by atoms with van der Waals surface area (Å²) < 4.78 is 12.8. The van der Waals surface area contributed by atoms with E-state index < -0.39 is 6.03 Å². The van der Waals surface area contributed by atoms with E-state index in [0.717, 1.165) is 5.56 Å². The molecule has 1 fully saturated rings. The number of likely N-dealkylation sites (tertiary alicyclic amines) is 1. The second-order valence-electron chi connectivity index (χ2n) is 5.14. The quantitative estimate of drug-likeness (QED) is 0.876. The second kappa shape index (κ2) is 7.06. The Morgan fingerprint density at radius 2 is 1.90 bits per heavy atom. The number of nitrogens with one attached hydrogen (secondary N) is 1. The minimum Gasteiger partial charge on any atom is -0.352 e. The van der Waals surface area contributed by atoms with E-state index in [1.165, 1.54) is 12.1 Å². The van der Waals surface area contributed by atoms with Crippen LogP contribution in [0.15, 0.2) is 24.3 Å². The number of carbonyl (C=O) groups excluding carboxylic acids is 2. The van der Waals surface area contributed by atoms with Gasteiger partial charge in [0.05, 0.1) is 6.42 Å². The van der Waals surface area contributed by atoms with Crippen LogP contribution in [0.5, 0.6) is 0 Å². The minimum absolute atomic E-state index is 0.0307. The summed E-state index contributed by atoms with van der Waals surface area (Å²) in [5.74, 6) is -0.314. The summed E-state index contributed by atoms with van der Waals surface area (Å²) in [5.41, 5.74) is 5.98. The lowest BCUT2D eigenvalue weighted by Gasteiger charge is -2.32. The van der Waals surface area contributed by atoms with Gasteiger partial charge in [0.15, 0.2) is 0 Å². The van der Waals surface area contributed by atoms with Crippen molar-refractivity contribution < 1.29 is 14.0 Å². The van der Waals surface area contributed by atoms with Crippen LogP contribution in [0.1, 0.15) is 18.4 Å². The third-order valence-corrected chi connectivity index (χ3v) is 3.58. The lowest BCUT2D eigenvalue weighted by molar-refractivity contribution is -0.128. The van der Waals surface area contributed by atoms with Gasteiger partial charge in [-0.25, -0.2) is 9.18 Å². The van der Waals surface area contributed by atoms with Crippen LogP contribution < -0.4 is 11.1 Å². The minimum atomic E-state index is -0.525. The van der Waals surface area contributed by atoms with Crippen molar-refractivity contribution in [1.82, 2.24) is 10.2 Å². The van der Waals surface area contributed by atoms with Crippen LogP contribution in [0.2, 0.25) is 0 Å². The molecule has 5 nitrogen and oxygen atoms in total. The van der Waals surface area contributed by atoms with Gasteiger partial charge in [-0.15, -0.1) is 0 Å². The average molecular weight is 292 g/mol. The van der Waals surface area contributed by atoms with Crippen LogP contribution >= 0.6 is 0 Å². The zero-order valence-electron chi connectivity index (χ0n) is 11.7. The molecule has 0 bridgehead atoms. The fraction of sp³-hybridized carbons (Fsp3) is 0.400. The normalized spacial score (nSPS) is 15.8. The topological polar surface area (TPSA) is 75.4 Å². The van der Waals surface area contributed by atoms with Crippen LogP contribution in [0.25, 0.3) is 0 Å². The Hall–Kier alpha value is -2.11. The molecule has 3 N–H and O–H groups in total. The number of primary amides is 1. The molecule has 113 valence electrons. The van der Waals surface area contributed by atoms with Gasteiger partial charge in [0.2, 0.25) is 5.91 Å². The van der Waals surface area contributed by atoms with E-state index in [0.29, 0.717) is 32.4 Å². The molecule has 0 aliphatic carbocycles. The van der Waals surface area contributed by atoms with Crippen molar-refractivity contribution in [3.63, 3.8) is 0 Å². The third kappa shape index (κ3) is 4.73. The Kier molecular flexibility index (Phi) is 5.14. The van der Waals surface area contributed by atoms with Crippen molar-refractivity contribution in [2.45, 2.75) is 25.3 Å². The third-order valence-electron chi connectivity index (χ3n) is 3.58. The SMILES string of the molecule is NC(=O)NC1CCN(C(=O)[CH]Cc2ccc(F)cc2)CC1. The molecule has 0 spiro atoms. The van der Waals surface area contributed by atoms with E-state index in [1.807, 2.05) is 0 Å². The van der Waals surface area contributed by atoms with Crippen LogP contribution in [-0.4, -0.2) is 36.0 Å². The van der Waals surface area contributed by atoms with E-state index in [4.69, 9.17) is 5.73 Å². The lowest BCUT2D eigenvalue weighted by Crippen LogP contribution is -2.48. The van der Waals surface area contributed by atoms with E-state index in [-0.39, 0.29) is 17.8 Å². The first kappa shape index (κ1) is 15.3. The number of nitrogens with zero attached hydrogens (tertiary/aromatic N) is 1. The maximum atomic E-state index is 12.8. The summed E-state index contributed by atoms with van der Waals surface area (Å²) in [5, 5.41) is 2.66. The van der Waals surface area contributed by atoms with Crippen molar-refractivity contribution >= 4 is 11.9 Å².